The van der Waals surface area contributed by atoms with Gasteiger partial charge in [0.1, 0.15) is 19.8 Å². The Hall–Kier alpha value is -1.25. The fourth-order valence-corrected chi connectivity index (χ4v) is 7.32. The lowest BCUT2D eigenvalue weighted by Crippen LogP contribution is -2.37. The van der Waals surface area contributed by atoms with E-state index in [0.29, 0.717) is 17.4 Å². The molecule has 9 nitrogen and oxygen atoms in total. The van der Waals surface area contributed by atoms with Crippen molar-refractivity contribution in [1.82, 2.24) is 0 Å². The zero-order chi connectivity index (χ0) is 41.4. The van der Waals surface area contributed by atoms with Crippen LogP contribution >= 0.6 is 7.82 Å². The summed E-state index contributed by atoms with van der Waals surface area (Å²) in [6.07, 6.45) is 40.9. The highest BCUT2D eigenvalue weighted by Gasteiger charge is 2.21. The van der Waals surface area contributed by atoms with E-state index >= 15 is 0 Å². The molecule has 0 bridgehead atoms. The number of nitrogens with zero attached hydrogens (tertiary/aromatic N) is 1. The maximum atomic E-state index is 12.7. The van der Waals surface area contributed by atoms with Gasteiger partial charge in [-0.25, -0.2) is 0 Å². The van der Waals surface area contributed by atoms with Crippen molar-refractivity contribution in [2.24, 2.45) is 0 Å². The smallest absolute Gasteiger partial charge is 0.306 e. The molecule has 0 saturated heterocycles. The minimum absolute atomic E-state index is 0.0288. The summed E-state index contributed by atoms with van der Waals surface area (Å²) in [5, 5.41) is 0. The number of likely N-dealkylation sites (N-methyl/N-ethyl adjacent to an activating group) is 1. The van der Waals surface area contributed by atoms with Gasteiger partial charge in [0.05, 0.1) is 27.7 Å². The number of quaternary nitrogens is 1. The molecule has 0 rings (SSSR count). The van der Waals surface area contributed by atoms with Gasteiger partial charge in [-0.3, -0.25) is 14.2 Å². The second-order valence-corrected chi connectivity index (χ2v) is 18.5. The maximum Gasteiger partial charge on any atom is 0.306 e. The number of phosphoric ester groups is 1. The Labute approximate surface area is 346 Å². The van der Waals surface area contributed by atoms with Crippen molar-refractivity contribution in [1.29, 1.82) is 0 Å². The highest BCUT2D eigenvalue weighted by molar-refractivity contribution is 7.45. The van der Waals surface area contributed by atoms with Gasteiger partial charge in [-0.2, -0.15) is 0 Å². The van der Waals surface area contributed by atoms with E-state index in [1.54, 1.807) is 0 Å². The second-order valence-electron chi connectivity index (χ2n) is 17.1. The zero-order valence-electron chi connectivity index (χ0n) is 37.3. The third-order valence-electron chi connectivity index (χ3n) is 10.3. The number of hydrogen-bond donors (Lipinski definition) is 0. The van der Waals surface area contributed by atoms with Crippen LogP contribution in [0.4, 0.5) is 0 Å². The first-order valence-electron chi connectivity index (χ1n) is 23.4. The highest BCUT2D eigenvalue weighted by atomic mass is 31.2. The molecular formula is C46H90NO8P. The molecule has 0 aliphatic rings. The van der Waals surface area contributed by atoms with Crippen LogP contribution in [0.15, 0.2) is 12.2 Å². The molecule has 0 N–H and O–H groups in total. The lowest BCUT2D eigenvalue weighted by Gasteiger charge is -2.28. The van der Waals surface area contributed by atoms with Crippen LogP contribution in [0, 0.1) is 0 Å². The van der Waals surface area contributed by atoms with E-state index in [0.717, 1.165) is 51.4 Å². The standard InChI is InChI=1S/C46H90NO8P/c1-6-8-10-12-14-16-18-20-22-23-25-27-29-31-33-35-37-39-46(49)55-44(43-54-56(50,51)53-41-40-47(3,4)5)42-52-45(48)38-36-34-32-30-28-26-24-21-19-17-15-13-11-9-7-2/h21,24,44H,6-20,22-23,25-43H2,1-5H3/b24-21-/t44-/m1/s1. The summed E-state index contributed by atoms with van der Waals surface area (Å²) in [6, 6.07) is 0. The van der Waals surface area contributed by atoms with E-state index in [2.05, 4.69) is 26.0 Å². The molecule has 0 fully saturated rings. The van der Waals surface area contributed by atoms with Gasteiger partial charge in [-0.15, -0.1) is 0 Å². The van der Waals surface area contributed by atoms with Crippen LogP contribution in [0.5, 0.6) is 0 Å². The third kappa shape index (κ3) is 42.4. The van der Waals surface area contributed by atoms with Gasteiger partial charge in [0, 0.05) is 12.8 Å². The van der Waals surface area contributed by atoms with Crippen LogP contribution in [0.2, 0.25) is 0 Å². The lowest BCUT2D eigenvalue weighted by molar-refractivity contribution is -0.870. The first kappa shape index (κ1) is 54.8. The number of rotatable bonds is 43. The molecule has 0 aromatic rings. The van der Waals surface area contributed by atoms with E-state index in [4.69, 9.17) is 18.5 Å². The minimum atomic E-state index is -4.62. The molecule has 56 heavy (non-hydrogen) atoms. The quantitative estimate of drug-likeness (QED) is 0.0197. The molecule has 0 heterocycles. The van der Waals surface area contributed by atoms with Crippen LogP contribution < -0.4 is 4.89 Å². The molecule has 10 heteroatoms. The largest absolute Gasteiger partial charge is 0.756 e. The van der Waals surface area contributed by atoms with Crippen LogP contribution in [0.3, 0.4) is 0 Å². The second kappa shape index (κ2) is 39.2. The van der Waals surface area contributed by atoms with E-state index in [1.165, 1.54) is 135 Å². The zero-order valence-corrected chi connectivity index (χ0v) is 38.2. The molecule has 0 spiro atoms. The molecular weight excluding hydrogens is 725 g/mol. The summed E-state index contributed by atoms with van der Waals surface area (Å²) in [7, 11) is 1.17. The number of esters is 2. The Kier molecular flexibility index (Phi) is 38.3. The van der Waals surface area contributed by atoms with Crippen LogP contribution in [0.1, 0.15) is 219 Å². The van der Waals surface area contributed by atoms with Crippen molar-refractivity contribution in [3.63, 3.8) is 0 Å². The molecule has 0 aromatic carbocycles. The van der Waals surface area contributed by atoms with Crippen LogP contribution in [-0.2, 0) is 32.7 Å². The first-order valence-corrected chi connectivity index (χ1v) is 24.9. The number of phosphoric acid groups is 1. The summed E-state index contributed by atoms with van der Waals surface area (Å²) in [5.41, 5.74) is 0. The van der Waals surface area contributed by atoms with Gasteiger partial charge < -0.3 is 27.9 Å². The number of allylic oxidation sites excluding steroid dienone is 2. The molecule has 0 aromatic heterocycles. The van der Waals surface area contributed by atoms with Crippen LogP contribution in [-0.4, -0.2) is 70.0 Å². The van der Waals surface area contributed by atoms with Crippen molar-refractivity contribution in [2.75, 3.05) is 47.5 Å². The fourth-order valence-electron chi connectivity index (χ4n) is 6.59. The van der Waals surface area contributed by atoms with Gasteiger partial charge in [-0.05, 0) is 38.5 Å². The summed E-state index contributed by atoms with van der Waals surface area (Å²) in [6.45, 7) is 4.24. The van der Waals surface area contributed by atoms with Gasteiger partial charge >= 0.3 is 11.9 Å². The Bertz CT molecular complexity index is 969. The Balaban J connectivity index is 4.30. The summed E-state index contributed by atoms with van der Waals surface area (Å²) < 4.78 is 33.9. The summed E-state index contributed by atoms with van der Waals surface area (Å²) >= 11 is 0. The first-order chi connectivity index (χ1) is 27.0. The van der Waals surface area contributed by atoms with E-state index in [-0.39, 0.29) is 32.0 Å². The van der Waals surface area contributed by atoms with Crippen molar-refractivity contribution >= 4 is 19.8 Å². The monoisotopic (exact) mass is 816 g/mol. The predicted molar refractivity (Wildman–Crippen MR) is 231 cm³/mol. The summed E-state index contributed by atoms with van der Waals surface area (Å²) in [4.78, 5) is 37.6. The third-order valence-corrected chi connectivity index (χ3v) is 11.2. The Morgan fingerprint density at radius 1 is 0.536 bits per heavy atom. The molecule has 0 aliphatic heterocycles. The van der Waals surface area contributed by atoms with Crippen molar-refractivity contribution < 1.29 is 42.1 Å². The van der Waals surface area contributed by atoms with E-state index < -0.39 is 26.5 Å². The van der Waals surface area contributed by atoms with Crippen molar-refractivity contribution in [2.45, 2.75) is 225 Å². The molecule has 0 amide bonds. The van der Waals surface area contributed by atoms with Gasteiger partial charge in [0.2, 0.25) is 0 Å². The molecule has 2 atom stereocenters. The molecule has 0 saturated carbocycles. The van der Waals surface area contributed by atoms with Crippen molar-refractivity contribution in [3.05, 3.63) is 12.2 Å². The van der Waals surface area contributed by atoms with Crippen LogP contribution in [0.25, 0.3) is 0 Å². The van der Waals surface area contributed by atoms with E-state index in [9.17, 15) is 19.0 Å². The van der Waals surface area contributed by atoms with Gasteiger partial charge in [0.15, 0.2) is 6.10 Å². The number of hydrogen-bond acceptors (Lipinski definition) is 8. The Morgan fingerprint density at radius 2 is 0.911 bits per heavy atom. The summed E-state index contributed by atoms with van der Waals surface area (Å²) in [5.74, 6) is -0.833. The number of carbonyl (C=O) groups excluding carboxylic acids is 2. The predicted octanol–water partition coefficient (Wildman–Crippen LogP) is 12.7. The topological polar surface area (TPSA) is 111 Å². The highest BCUT2D eigenvalue weighted by Crippen LogP contribution is 2.38. The molecule has 1 unspecified atom stereocenters. The average molecular weight is 816 g/mol. The SMILES string of the molecule is CCCCCCCC/C=C\CCCCCCCC(=O)OC[C@H](COP(=O)([O-])OCC[N+](C)(C)C)OC(=O)CCCCCCCCCCCCCCCCCCC. The molecule has 332 valence electrons. The Morgan fingerprint density at radius 3 is 1.32 bits per heavy atom. The minimum Gasteiger partial charge on any atom is -0.756 e. The molecule has 0 aliphatic carbocycles. The van der Waals surface area contributed by atoms with Gasteiger partial charge in [-0.1, -0.05) is 180 Å². The number of ether oxygens (including phenoxy) is 2. The molecule has 0 radical (unpaired) electrons. The number of unbranched alkanes of at least 4 members (excludes halogenated alkanes) is 27. The number of carbonyl (C=O) groups is 2. The van der Waals surface area contributed by atoms with Crippen molar-refractivity contribution in [3.8, 4) is 0 Å². The van der Waals surface area contributed by atoms with E-state index in [1.807, 2.05) is 21.1 Å². The lowest BCUT2D eigenvalue weighted by atomic mass is 10.0. The fraction of sp³-hybridized carbons (Fsp3) is 0.913. The average Bonchev–Trinajstić information content (AvgIpc) is 3.15. The normalized spacial score (nSPS) is 13.6. The maximum absolute atomic E-state index is 12.7. The van der Waals surface area contributed by atoms with Gasteiger partial charge in [0.25, 0.3) is 7.82 Å².